The summed E-state index contributed by atoms with van der Waals surface area (Å²) in [5.41, 5.74) is 2.74. The topological polar surface area (TPSA) is 0 Å². The van der Waals surface area contributed by atoms with Gasteiger partial charge >= 0.3 is 0 Å². The first-order valence-electron chi connectivity index (χ1n) is 3.53. The van der Waals surface area contributed by atoms with Crippen LogP contribution in [0.5, 0.6) is 0 Å². The van der Waals surface area contributed by atoms with Gasteiger partial charge in [0.05, 0.1) is 0 Å². The third-order valence-electron chi connectivity index (χ3n) is 1.14. The van der Waals surface area contributed by atoms with E-state index in [4.69, 9.17) is 0 Å². The Balaban J connectivity index is 3.12. The minimum absolute atomic E-state index is 1.07. The summed E-state index contributed by atoms with van der Waals surface area (Å²) in [4.78, 5) is 0. The van der Waals surface area contributed by atoms with Gasteiger partial charge < -0.3 is 0 Å². The normalized spacial score (nSPS) is 9.20. The lowest BCUT2D eigenvalue weighted by Gasteiger charge is -1.85. The Hall–Kier alpha value is -1.00. The molecule has 0 rings (SSSR count). The zero-order valence-electron chi connectivity index (χ0n) is 6.34. The molecule has 0 nitrogen and oxygen atoms in total. The van der Waals surface area contributed by atoms with Crippen LogP contribution in [0.4, 0.5) is 0 Å². The van der Waals surface area contributed by atoms with Gasteiger partial charge in [-0.15, -0.1) is 5.73 Å². The minimum atomic E-state index is 1.07. The monoisotopic (exact) mass is 134 g/mol. The molecule has 10 heavy (non-hydrogen) atoms. The Morgan fingerprint density at radius 3 is 2.70 bits per heavy atom. The molecule has 0 aliphatic rings. The molecule has 0 fully saturated rings. The highest BCUT2D eigenvalue weighted by molar-refractivity contribution is 4.97. The van der Waals surface area contributed by atoms with Gasteiger partial charge in [0.2, 0.25) is 0 Å². The molecule has 0 saturated carbocycles. The summed E-state index contributed by atoms with van der Waals surface area (Å²) in [5, 5.41) is 0. The standard InChI is InChI=1S/C10H14/c1-3-5-7-9-10-8-6-4-2/h3,5-7H,1-2,8-10H2/b7-5+. The molecular formula is C10H14. The fourth-order valence-corrected chi connectivity index (χ4v) is 0.632. The van der Waals surface area contributed by atoms with E-state index < -0.39 is 0 Å². The Kier molecular flexibility index (Phi) is 7.20. The number of rotatable bonds is 5. The summed E-state index contributed by atoms with van der Waals surface area (Å²) in [6.45, 7) is 7.06. The molecule has 0 heteroatoms. The van der Waals surface area contributed by atoms with Gasteiger partial charge in [0, 0.05) is 0 Å². The molecular weight excluding hydrogens is 120 g/mol. The van der Waals surface area contributed by atoms with Gasteiger partial charge in [0.1, 0.15) is 0 Å². The summed E-state index contributed by atoms with van der Waals surface area (Å²) in [5.74, 6) is 0. The number of hydrogen-bond donors (Lipinski definition) is 0. The van der Waals surface area contributed by atoms with Crippen LogP contribution in [0.25, 0.3) is 0 Å². The van der Waals surface area contributed by atoms with Crippen molar-refractivity contribution in [2.24, 2.45) is 0 Å². The molecule has 0 aliphatic carbocycles. The predicted octanol–water partition coefficient (Wildman–Crippen LogP) is 3.24. The SMILES string of the molecule is C=C=CCCC/C=C/C=C. The summed E-state index contributed by atoms with van der Waals surface area (Å²) in [6.07, 6.45) is 11.2. The van der Waals surface area contributed by atoms with Gasteiger partial charge in [0.25, 0.3) is 0 Å². The highest BCUT2D eigenvalue weighted by Crippen LogP contribution is 1.96. The van der Waals surface area contributed by atoms with Crippen molar-refractivity contribution in [3.05, 3.63) is 43.2 Å². The first-order chi connectivity index (χ1) is 4.91. The molecule has 0 N–H and O–H groups in total. The van der Waals surface area contributed by atoms with Gasteiger partial charge in [-0.05, 0) is 25.3 Å². The Morgan fingerprint density at radius 1 is 1.30 bits per heavy atom. The molecule has 0 unspecified atom stereocenters. The third-order valence-corrected chi connectivity index (χ3v) is 1.14. The van der Waals surface area contributed by atoms with Crippen molar-refractivity contribution in [3.63, 3.8) is 0 Å². The van der Waals surface area contributed by atoms with Crippen molar-refractivity contribution >= 4 is 0 Å². The lowest BCUT2D eigenvalue weighted by molar-refractivity contribution is 0.869. The van der Waals surface area contributed by atoms with Crippen LogP contribution in [0.15, 0.2) is 43.2 Å². The fourth-order valence-electron chi connectivity index (χ4n) is 0.632. The molecule has 0 heterocycles. The van der Waals surface area contributed by atoms with E-state index in [1.807, 2.05) is 12.2 Å². The van der Waals surface area contributed by atoms with E-state index in [9.17, 15) is 0 Å². The van der Waals surface area contributed by atoms with Crippen LogP contribution in [-0.2, 0) is 0 Å². The zero-order valence-corrected chi connectivity index (χ0v) is 6.34. The van der Waals surface area contributed by atoms with Crippen LogP contribution in [0.2, 0.25) is 0 Å². The van der Waals surface area contributed by atoms with E-state index in [0.717, 1.165) is 12.8 Å². The van der Waals surface area contributed by atoms with Crippen molar-refractivity contribution in [3.8, 4) is 0 Å². The second-order valence-electron chi connectivity index (χ2n) is 2.00. The maximum Gasteiger partial charge on any atom is -0.0272 e. The largest absolute Gasteiger partial charge is 0.133 e. The van der Waals surface area contributed by atoms with Gasteiger partial charge in [-0.25, -0.2) is 0 Å². The summed E-state index contributed by atoms with van der Waals surface area (Å²) < 4.78 is 0. The van der Waals surface area contributed by atoms with Gasteiger partial charge in [-0.2, -0.15) is 0 Å². The summed E-state index contributed by atoms with van der Waals surface area (Å²) in [6, 6.07) is 0. The van der Waals surface area contributed by atoms with Crippen molar-refractivity contribution in [2.75, 3.05) is 0 Å². The molecule has 0 saturated heterocycles. The smallest absolute Gasteiger partial charge is 0.0272 e. The van der Waals surface area contributed by atoms with E-state index in [1.54, 1.807) is 6.08 Å². The third kappa shape index (κ3) is 7.00. The Morgan fingerprint density at radius 2 is 2.10 bits per heavy atom. The lowest BCUT2D eigenvalue weighted by Crippen LogP contribution is -1.66. The summed E-state index contributed by atoms with van der Waals surface area (Å²) in [7, 11) is 0. The maximum atomic E-state index is 3.58. The molecule has 0 spiro atoms. The van der Waals surface area contributed by atoms with E-state index in [-0.39, 0.29) is 0 Å². The maximum absolute atomic E-state index is 3.58. The molecule has 0 radical (unpaired) electrons. The van der Waals surface area contributed by atoms with E-state index >= 15 is 0 Å². The van der Waals surface area contributed by atoms with Crippen molar-refractivity contribution in [1.82, 2.24) is 0 Å². The quantitative estimate of drug-likeness (QED) is 0.307. The molecule has 0 aromatic heterocycles. The predicted molar refractivity (Wildman–Crippen MR) is 46.9 cm³/mol. The average Bonchev–Trinajstić information content (AvgIpc) is 1.97. The number of unbranched alkanes of at least 4 members (excludes halogenated alkanes) is 2. The summed E-state index contributed by atoms with van der Waals surface area (Å²) >= 11 is 0. The number of allylic oxidation sites excluding steroid dienone is 4. The van der Waals surface area contributed by atoms with Crippen molar-refractivity contribution in [2.45, 2.75) is 19.3 Å². The van der Waals surface area contributed by atoms with Crippen molar-refractivity contribution < 1.29 is 0 Å². The highest BCUT2D eigenvalue weighted by Gasteiger charge is 1.77. The fraction of sp³-hybridized carbons (Fsp3) is 0.300. The van der Waals surface area contributed by atoms with Crippen LogP contribution >= 0.6 is 0 Å². The highest BCUT2D eigenvalue weighted by atomic mass is 13.8. The van der Waals surface area contributed by atoms with Crippen LogP contribution in [0.3, 0.4) is 0 Å². The van der Waals surface area contributed by atoms with Crippen LogP contribution < -0.4 is 0 Å². The van der Waals surface area contributed by atoms with Gasteiger partial charge in [-0.1, -0.05) is 31.4 Å². The van der Waals surface area contributed by atoms with Crippen LogP contribution in [0.1, 0.15) is 19.3 Å². The second kappa shape index (κ2) is 8.00. The van der Waals surface area contributed by atoms with E-state index in [2.05, 4.69) is 25.0 Å². The molecule has 0 aromatic carbocycles. The lowest BCUT2D eigenvalue weighted by atomic mass is 10.2. The Bertz CT molecular complexity index is 145. The zero-order chi connectivity index (χ0) is 7.66. The first kappa shape index (κ1) is 9.00. The van der Waals surface area contributed by atoms with E-state index in [1.165, 1.54) is 6.42 Å². The number of hydrogen-bond acceptors (Lipinski definition) is 0. The minimum Gasteiger partial charge on any atom is -0.133 e. The molecule has 0 atom stereocenters. The second-order valence-corrected chi connectivity index (χ2v) is 2.00. The van der Waals surface area contributed by atoms with Crippen molar-refractivity contribution in [1.29, 1.82) is 0 Å². The molecule has 54 valence electrons. The molecule has 0 aliphatic heterocycles. The van der Waals surface area contributed by atoms with Gasteiger partial charge in [0.15, 0.2) is 0 Å². The molecule has 0 bridgehead atoms. The average molecular weight is 134 g/mol. The van der Waals surface area contributed by atoms with Gasteiger partial charge in [-0.3, -0.25) is 0 Å². The molecule has 0 amide bonds. The molecule has 0 aromatic rings. The van der Waals surface area contributed by atoms with Crippen LogP contribution in [0, 0.1) is 0 Å². The first-order valence-corrected chi connectivity index (χ1v) is 3.53. The van der Waals surface area contributed by atoms with Crippen LogP contribution in [-0.4, -0.2) is 0 Å². The van der Waals surface area contributed by atoms with E-state index in [0.29, 0.717) is 0 Å². The Labute approximate surface area is 63.3 Å².